The van der Waals surface area contributed by atoms with E-state index in [4.69, 9.17) is 9.84 Å². The fourth-order valence-corrected chi connectivity index (χ4v) is 5.98. The van der Waals surface area contributed by atoms with Crippen LogP contribution in [0.25, 0.3) is 0 Å². The number of ether oxygens (including phenoxy) is 1. The fraction of sp³-hybridized carbons (Fsp3) is 0.462. The summed E-state index contributed by atoms with van der Waals surface area (Å²) in [4.78, 5) is 10.8. The molecule has 134 valence electrons. The molecule has 1 aromatic carbocycles. The lowest BCUT2D eigenvalue weighted by atomic mass is 10.2. The van der Waals surface area contributed by atoms with Crippen molar-refractivity contribution >= 4 is 25.8 Å². The minimum atomic E-state index is -4.32. The Balaban J connectivity index is 2.44. The van der Waals surface area contributed by atoms with Crippen LogP contribution >= 0.6 is 0 Å². The van der Waals surface area contributed by atoms with Gasteiger partial charge in [0, 0.05) is 0 Å². The molecule has 24 heavy (non-hydrogen) atoms. The summed E-state index contributed by atoms with van der Waals surface area (Å²) in [5.74, 6) is -2.28. The number of methoxy groups -OCH3 is 1. The van der Waals surface area contributed by atoms with Crippen LogP contribution < -0.4 is 4.74 Å². The minimum absolute atomic E-state index is 0.221. The number of rotatable bonds is 6. The zero-order valence-electron chi connectivity index (χ0n) is 12.7. The van der Waals surface area contributed by atoms with Gasteiger partial charge in [-0.25, -0.2) is 16.8 Å². The fourth-order valence-electron chi connectivity index (χ4n) is 2.48. The molecule has 2 rings (SSSR count). The lowest BCUT2D eigenvalue weighted by Crippen LogP contribution is -2.48. The zero-order chi connectivity index (χ0) is 18.1. The number of aliphatic hydroxyl groups is 1. The monoisotopic (exact) mass is 379 g/mol. The molecule has 0 aromatic heterocycles. The van der Waals surface area contributed by atoms with Gasteiger partial charge >= 0.3 is 5.97 Å². The number of aliphatic hydroxyl groups excluding tert-OH is 1. The predicted octanol–water partition coefficient (Wildman–Crippen LogP) is -1.07. The van der Waals surface area contributed by atoms with Gasteiger partial charge in [-0.05, 0) is 24.3 Å². The average molecular weight is 379 g/mol. The highest BCUT2D eigenvalue weighted by molar-refractivity contribution is 7.92. The first kappa shape index (κ1) is 18.6. The summed E-state index contributed by atoms with van der Waals surface area (Å²) in [6.45, 7) is -0.953. The van der Waals surface area contributed by atoms with E-state index in [0.717, 1.165) is 0 Å². The van der Waals surface area contributed by atoms with Crippen molar-refractivity contribution in [2.75, 3.05) is 25.2 Å². The molecule has 1 aliphatic heterocycles. The van der Waals surface area contributed by atoms with Gasteiger partial charge in [-0.1, -0.05) is 0 Å². The molecular formula is C13H17NO8S2. The van der Waals surface area contributed by atoms with Gasteiger partial charge in [0.1, 0.15) is 12.3 Å². The molecule has 1 fully saturated rings. The van der Waals surface area contributed by atoms with Gasteiger partial charge < -0.3 is 14.9 Å². The molecule has 0 unspecified atom stereocenters. The van der Waals surface area contributed by atoms with Gasteiger partial charge in [-0.3, -0.25) is 4.79 Å². The highest BCUT2D eigenvalue weighted by atomic mass is 32.2. The van der Waals surface area contributed by atoms with E-state index in [2.05, 4.69) is 0 Å². The summed E-state index contributed by atoms with van der Waals surface area (Å²) in [5, 5.41) is 18.9. The smallest absolute Gasteiger partial charge is 0.318 e. The number of benzene rings is 1. The Labute approximate surface area is 139 Å². The third kappa shape index (κ3) is 3.86. The number of aliphatic carboxylic acids is 1. The third-order valence-corrected chi connectivity index (χ3v) is 7.20. The van der Waals surface area contributed by atoms with E-state index < -0.39 is 56.0 Å². The Morgan fingerprint density at radius 2 is 1.88 bits per heavy atom. The van der Waals surface area contributed by atoms with E-state index in [1.807, 2.05) is 0 Å². The molecule has 1 aliphatic rings. The zero-order valence-corrected chi connectivity index (χ0v) is 14.3. The number of hydrogen-bond donors (Lipinski definition) is 2. The molecule has 1 heterocycles. The third-order valence-electron chi connectivity index (χ3n) is 3.62. The van der Waals surface area contributed by atoms with Gasteiger partial charge in [0.2, 0.25) is 10.0 Å². The topological polar surface area (TPSA) is 138 Å². The molecule has 0 amide bonds. The number of sulfonamides is 1. The number of sulfone groups is 1. The Kier molecular flexibility index (Phi) is 5.18. The van der Waals surface area contributed by atoms with Crippen LogP contribution in [0, 0.1) is 0 Å². The molecule has 0 bridgehead atoms. The normalized spacial score (nSPS) is 23.3. The van der Waals surface area contributed by atoms with E-state index in [-0.39, 0.29) is 4.90 Å². The van der Waals surface area contributed by atoms with Crippen molar-refractivity contribution in [2.45, 2.75) is 17.0 Å². The van der Waals surface area contributed by atoms with Crippen molar-refractivity contribution in [1.82, 2.24) is 4.31 Å². The highest BCUT2D eigenvalue weighted by Gasteiger charge is 2.45. The number of nitrogens with zero attached hydrogens (tertiary/aromatic N) is 1. The van der Waals surface area contributed by atoms with Crippen molar-refractivity contribution in [3.63, 3.8) is 0 Å². The molecule has 11 heteroatoms. The summed E-state index contributed by atoms with van der Waals surface area (Å²) < 4.78 is 54.2. The van der Waals surface area contributed by atoms with Crippen molar-refractivity contribution in [3.05, 3.63) is 24.3 Å². The molecular weight excluding hydrogens is 362 g/mol. The second-order valence-electron chi connectivity index (χ2n) is 5.33. The molecule has 0 spiro atoms. The van der Waals surface area contributed by atoms with Gasteiger partial charge in [-0.2, -0.15) is 4.31 Å². The van der Waals surface area contributed by atoms with Crippen LogP contribution in [0.15, 0.2) is 29.2 Å². The van der Waals surface area contributed by atoms with Gasteiger partial charge in [0.15, 0.2) is 9.84 Å². The van der Waals surface area contributed by atoms with Crippen molar-refractivity contribution in [2.24, 2.45) is 0 Å². The van der Waals surface area contributed by atoms with E-state index >= 15 is 0 Å². The number of carboxylic acids is 1. The second kappa shape index (κ2) is 6.67. The van der Waals surface area contributed by atoms with Gasteiger partial charge in [0.25, 0.3) is 0 Å². The van der Waals surface area contributed by atoms with Gasteiger partial charge in [0.05, 0.1) is 35.7 Å². The van der Waals surface area contributed by atoms with E-state index in [0.29, 0.717) is 10.1 Å². The first-order valence-electron chi connectivity index (χ1n) is 6.83. The van der Waals surface area contributed by atoms with Gasteiger partial charge in [-0.15, -0.1) is 0 Å². The Morgan fingerprint density at radius 1 is 1.29 bits per heavy atom. The molecule has 9 nitrogen and oxygen atoms in total. The lowest BCUT2D eigenvalue weighted by Gasteiger charge is -2.27. The summed E-state index contributed by atoms with van der Waals surface area (Å²) in [6.07, 6.45) is -1.48. The lowest BCUT2D eigenvalue weighted by molar-refractivity contribution is -0.137. The van der Waals surface area contributed by atoms with Crippen LogP contribution in [-0.4, -0.2) is 74.6 Å². The maximum Gasteiger partial charge on any atom is 0.318 e. The standard InChI is InChI=1S/C13H17NO8S2/c1-22-9-2-4-10(5-3-9)24(20,21)14(6-13(16)17)11-7-23(18,19)8-12(11)15/h2-5,11-12,15H,6-8H2,1H3,(H,16,17)/t11-,12-/m1/s1. The molecule has 2 N–H and O–H groups in total. The van der Waals surface area contributed by atoms with E-state index in [1.165, 1.54) is 31.4 Å². The summed E-state index contributed by atoms with van der Waals surface area (Å²) in [7, 11) is -6.56. The van der Waals surface area contributed by atoms with Crippen molar-refractivity contribution < 1.29 is 36.6 Å². The number of hydrogen-bond acceptors (Lipinski definition) is 7. The summed E-state index contributed by atoms with van der Waals surface area (Å²) >= 11 is 0. The quantitative estimate of drug-likeness (QED) is 0.637. The molecule has 0 saturated carbocycles. The van der Waals surface area contributed by atoms with Crippen LogP contribution in [0.1, 0.15) is 0 Å². The average Bonchev–Trinajstić information content (AvgIpc) is 2.77. The summed E-state index contributed by atoms with van der Waals surface area (Å²) in [5.41, 5.74) is 0. The molecule has 0 radical (unpaired) electrons. The molecule has 2 atom stereocenters. The maximum atomic E-state index is 12.7. The number of carboxylic acid groups (broad SMARTS) is 1. The van der Waals surface area contributed by atoms with Crippen LogP contribution in [0.5, 0.6) is 5.75 Å². The molecule has 1 aromatic rings. The Morgan fingerprint density at radius 3 is 2.29 bits per heavy atom. The highest BCUT2D eigenvalue weighted by Crippen LogP contribution is 2.26. The minimum Gasteiger partial charge on any atom is -0.497 e. The van der Waals surface area contributed by atoms with E-state index in [1.54, 1.807) is 0 Å². The van der Waals surface area contributed by atoms with Crippen molar-refractivity contribution in [1.29, 1.82) is 0 Å². The first-order chi connectivity index (χ1) is 11.1. The maximum absolute atomic E-state index is 12.7. The SMILES string of the molecule is COc1ccc(S(=O)(=O)N(CC(=O)O)[C@@H]2CS(=O)(=O)C[C@H]2O)cc1. The van der Waals surface area contributed by atoms with E-state index in [9.17, 15) is 26.7 Å². The largest absolute Gasteiger partial charge is 0.497 e. The van der Waals surface area contributed by atoms with Crippen LogP contribution in [-0.2, 0) is 24.7 Å². The molecule has 1 saturated heterocycles. The van der Waals surface area contributed by atoms with Crippen molar-refractivity contribution in [3.8, 4) is 5.75 Å². The summed E-state index contributed by atoms with van der Waals surface area (Å²) in [6, 6.07) is 3.86. The molecule has 0 aliphatic carbocycles. The first-order valence-corrected chi connectivity index (χ1v) is 10.1. The number of carbonyl (C=O) groups is 1. The Hall–Kier alpha value is -1.69. The van der Waals surface area contributed by atoms with Crippen LogP contribution in [0.3, 0.4) is 0 Å². The second-order valence-corrected chi connectivity index (χ2v) is 9.38. The van der Waals surface area contributed by atoms with Crippen LogP contribution in [0.4, 0.5) is 0 Å². The predicted molar refractivity (Wildman–Crippen MR) is 83.0 cm³/mol. The Bertz CT molecular complexity index is 816. The van der Waals surface area contributed by atoms with Crippen LogP contribution in [0.2, 0.25) is 0 Å².